The SMILES string of the molecule is NC(=O)[C@@H]1Cc2ccccc2CN1C(=O)CCCCN1CCN(c2ccc(Cl)cc2)CC1. The topological polar surface area (TPSA) is 69.9 Å². The van der Waals surface area contributed by atoms with Crippen molar-refractivity contribution in [1.82, 2.24) is 9.80 Å². The van der Waals surface area contributed by atoms with Gasteiger partial charge in [-0.05, 0) is 54.8 Å². The first-order valence-corrected chi connectivity index (χ1v) is 11.8. The number of nitrogens with two attached hydrogens (primary N) is 1. The number of carbonyl (C=O) groups excluding carboxylic acids is 2. The van der Waals surface area contributed by atoms with Gasteiger partial charge in [0.25, 0.3) is 0 Å². The van der Waals surface area contributed by atoms with Crippen LogP contribution in [-0.4, -0.2) is 60.4 Å². The maximum atomic E-state index is 12.9. The van der Waals surface area contributed by atoms with E-state index >= 15 is 0 Å². The Morgan fingerprint density at radius 3 is 2.31 bits per heavy atom. The molecular formula is C25H31ClN4O2. The van der Waals surface area contributed by atoms with Crippen molar-refractivity contribution in [3.05, 3.63) is 64.7 Å². The van der Waals surface area contributed by atoms with Gasteiger partial charge in [-0.3, -0.25) is 14.5 Å². The first-order valence-electron chi connectivity index (χ1n) is 11.4. The lowest BCUT2D eigenvalue weighted by atomic mass is 9.93. The summed E-state index contributed by atoms with van der Waals surface area (Å²) in [5, 5.41) is 0.762. The van der Waals surface area contributed by atoms with E-state index in [1.54, 1.807) is 4.90 Å². The predicted molar refractivity (Wildman–Crippen MR) is 128 cm³/mol. The van der Waals surface area contributed by atoms with Crippen molar-refractivity contribution in [3.8, 4) is 0 Å². The second-order valence-corrected chi connectivity index (χ2v) is 9.11. The van der Waals surface area contributed by atoms with Crippen LogP contribution in [0, 0.1) is 0 Å². The summed E-state index contributed by atoms with van der Waals surface area (Å²) < 4.78 is 0. The normalized spacial score (nSPS) is 19.0. The van der Waals surface area contributed by atoms with E-state index < -0.39 is 11.9 Å². The fourth-order valence-electron chi connectivity index (χ4n) is 4.68. The molecule has 6 nitrogen and oxygen atoms in total. The zero-order valence-electron chi connectivity index (χ0n) is 18.4. The highest BCUT2D eigenvalue weighted by Crippen LogP contribution is 2.24. The molecule has 0 saturated carbocycles. The molecule has 2 aromatic carbocycles. The molecule has 0 bridgehead atoms. The Balaban J connectivity index is 1.21. The van der Waals surface area contributed by atoms with Gasteiger partial charge in [0.1, 0.15) is 6.04 Å². The van der Waals surface area contributed by atoms with Gasteiger partial charge in [0.15, 0.2) is 0 Å². The lowest BCUT2D eigenvalue weighted by Crippen LogP contribution is -2.51. The summed E-state index contributed by atoms with van der Waals surface area (Å²) >= 11 is 5.99. The number of fused-ring (bicyclic) bond motifs is 1. The van der Waals surface area contributed by atoms with Crippen LogP contribution in [0.4, 0.5) is 5.69 Å². The molecule has 32 heavy (non-hydrogen) atoms. The molecule has 0 aliphatic carbocycles. The van der Waals surface area contributed by atoms with Crippen molar-refractivity contribution in [2.45, 2.75) is 38.3 Å². The third-order valence-electron chi connectivity index (χ3n) is 6.58. The fraction of sp³-hybridized carbons (Fsp3) is 0.440. The highest BCUT2D eigenvalue weighted by atomic mass is 35.5. The second kappa shape index (κ2) is 10.4. The number of primary amides is 1. The lowest BCUT2D eigenvalue weighted by Gasteiger charge is -2.36. The molecule has 7 heteroatoms. The Labute approximate surface area is 194 Å². The number of piperazine rings is 1. The van der Waals surface area contributed by atoms with Crippen LogP contribution in [0.5, 0.6) is 0 Å². The molecule has 0 spiro atoms. The number of hydrogen-bond donors (Lipinski definition) is 1. The first kappa shape index (κ1) is 22.6. The number of halogens is 1. The Kier molecular flexibility index (Phi) is 7.33. The van der Waals surface area contributed by atoms with Crippen LogP contribution in [0.15, 0.2) is 48.5 Å². The minimum absolute atomic E-state index is 0.0239. The van der Waals surface area contributed by atoms with Crippen molar-refractivity contribution >= 4 is 29.1 Å². The van der Waals surface area contributed by atoms with Crippen molar-refractivity contribution in [1.29, 1.82) is 0 Å². The maximum Gasteiger partial charge on any atom is 0.240 e. The van der Waals surface area contributed by atoms with E-state index in [0.29, 0.717) is 19.4 Å². The Morgan fingerprint density at radius 1 is 0.938 bits per heavy atom. The minimum Gasteiger partial charge on any atom is -0.369 e. The number of amides is 2. The summed E-state index contributed by atoms with van der Waals surface area (Å²) in [7, 11) is 0. The molecule has 0 unspecified atom stereocenters. The summed E-state index contributed by atoms with van der Waals surface area (Å²) in [4.78, 5) is 31.4. The summed E-state index contributed by atoms with van der Waals surface area (Å²) in [6.07, 6.45) is 2.75. The molecule has 2 amide bonds. The molecule has 0 aromatic heterocycles. The highest BCUT2D eigenvalue weighted by molar-refractivity contribution is 6.30. The van der Waals surface area contributed by atoms with E-state index in [1.165, 1.54) is 5.69 Å². The molecule has 2 aromatic rings. The van der Waals surface area contributed by atoms with Crippen LogP contribution < -0.4 is 10.6 Å². The number of anilines is 1. The third kappa shape index (κ3) is 5.43. The number of hydrogen-bond acceptors (Lipinski definition) is 4. The van der Waals surface area contributed by atoms with E-state index in [4.69, 9.17) is 17.3 Å². The van der Waals surface area contributed by atoms with Crippen LogP contribution in [-0.2, 0) is 22.6 Å². The summed E-state index contributed by atoms with van der Waals surface area (Å²) in [6, 6.07) is 15.4. The number of benzene rings is 2. The van der Waals surface area contributed by atoms with Crippen LogP contribution in [0.25, 0.3) is 0 Å². The van der Waals surface area contributed by atoms with Gasteiger partial charge < -0.3 is 15.5 Å². The maximum absolute atomic E-state index is 12.9. The van der Waals surface area contributed by atoms with Gasteiger partial charge >= 0.3 is 0 Å². The van der Waals surface area contributed by atoms with Crippen molar-refractivity contribution in [2.75, 3.05) is 37.6 Å². The van der Waals surface area contributed by atoms with Gasteiger partial charge in [-0.25, -0.2) is 0 Å². The molecule has 1 fully saturated rings. The van der Waals surface area contributed by atoms with Gasteiger partial charge in [0, 0.05) is 56.3 Å². The van der Waals surface area contributed by atoms with E-state index in [9.17, 15) is 9.59 Å². The number of unbranched alkanes of at least 4 members (excludes halogenated alkanes) is 1. The zero-order chi connectivity index (χ0) is 22.5. The van der Waals surface area contributed by atoms with Crippen LogP contribution in [0.1, 0.15) is 30.4 Å². The average Bonchev–Trinajstić information content (AvgIpc) is 2.81. The van der Waals surface area contributed by atoms with Crippen LogP contribution in [0.2, 0.25) is 5.02 Å². The van der Waals surface area contributed by atoms with Gasteiger partial charge in [0.2, 0.25) is 11.8 Å². The van der Waals surface area contributed by atoms with Crippen LogP contribution in [0.3, 0.4) is 0 Å². The van der Waals surface area contributed by atoms with Gasteiger partial charge in [-0.1, -0.05) is 35.9 Å². The highest BCUT2D eigenvalue weighted by Gasteiger charge is 2.32. The molecule has 2 aliphatic heterocycles. The van der Waals surface area contributed by atoms with Gasteiger partial charge in [0.05, 0.1) is 0 Å². The molecule has 1 saturated heterocycles. The molecule has 0 radical (unpaired) electrons. The third-order valence-corrected chi connectivity index (χ3v) is 6.83. The van der Waals surface area contributed by atoms with E-state index in [2.05, 4.69) is 21.9 Å². The molecule has 2 heterocycles. The standard InChI is InChI=1S/C25H31ClN4O2/c26-21-8-10-22(11-9-21)29-15-13-28(14-16-29)12-4-3-7-24(31)30-18-20-6-2-1-5-19(20)17-23(30)25(27)32/h1-2,5-6,8-11,23H,3-4,7,12-18H2,(H2,27,32)/t23-/m0/s1. The summed E-state index contributed by atoms with van der Waals surface area (Å²) in [5.74, 6) is -0.401. The zero-order valence-corrected chi connectivity index (χ0v) is 19.1. The molecule has 170 valence electrons. The number of carbonyl (C=O) groups is 2. The molecule has 2 N–H and O–H groups in total. The van der Waals surface area contributed by atoms with Crippen molar-refractivity contribution in [2.24, 2.45) is 5.73 Å². The quantitative estimate of drug-likeness (QED) is 0.653. The summed E-state index contributed by atoms with van der Waals surface area (Å²) in [6.45, 7) is 5.48. The second-order valence-electron chi connectivity index (χ2n) is 8.67. The molecule has 2 aliphatic rings. The molecule has 1 atom stereocenters. The average molecular weight is 455 g/mol. The number of nitrogens with zero attached hydrogens (tertiary/aromatic N) is 3. The van der Waals surface area contributed by atoms with Crippen molar-refractivity contribution in [3.63, 3.8) is 0 Å². The Bertz CT molecular complexity index is 941. The monoisotopic (exact) mass is 454 g/mol. The molecular weight excluding hydrogens is 424 g/mol. The van der Waals surface area contributed by atoms with Gasteiger partial charge in [-0.15, -0.1) is 0 Å². The molecule has 4 rings (SSSR count). The minimum atomic E-state index is -0.543. The van der Waals surface area contributed by atoms with E-state index in [1.807, 2.05) is 36.4 Å². The fourth-order valence-corrected chi connectivity index (χ4v) is 4.80. The largest absolute Gasteiger partial charge is 0.369 e. The van der Waals surface area contributed by atoms with Crippen molar-refractivity contribution < 1.29 is 9.59 Å². The lowest BCUT2D eigenvalue weighted by molar-refractivity contribution is -0.140. The smallest absolute Gasteiger partial charge is 0.240 e. The predicted octanol–water partition coefficient (Wildman–Crippen LogP) is 3.07. The van der Waals surface area contributed by atoms with E-state index in [-0.39, 0.29) is 5.91 Å². The summed E-state index contributed by atoms with van der Waals surface area (Å²) in [5.41, 5.74) is 9.05. The Hall–Kier alpha value is -2.57. The van der Waals surface area contributed by atoms with Crippen LogP contribution >= 0.6 is 11.6 Å². The van der Waals surface area contributed by atoms with E-state index in [0.717, 1.165) is 61.7 Å². The van der Waals surface area contributed by atoms with Gasteiger partial charge in [-0.2, -0.15) is 0 Å². The number of rotatable bonds is 7. The first-order chi connectivity index (χ1) is 15.5. The Morgan fingerprint density at radius 2 is 1.62 bits per heavy atom.